The molecule has 3 atom stereocenters. The van der Waals surface area contributed by atoms with E-state index in [1.165, 1.54) is 12.7 Å². The van der Waals surface area contributed by atoms with E-state index < -0.39 is 9.84 Å². The molecule has 2 aliphatic rings. The third-order valence-corrected chi connectivity index (χ3v) is 4.66. The Morgan fingerprint density at radius 1 is 1.31 bits per heavy atom. The van der Waals surface area contributed by atoms with Gasteiger partial charge in [-0.1, -0.05) is 0 Å². The highest BCUT2D eigenvalue weighted by Crippen LogP contribution is 2.54. The van der Waals surface area contributed by atoms with E-state index in [-0.39, 0.29) is 23.6 Å². The van der Waals surface area contributed by atoms with Crippen LogP contribution in [0.2, 0.25) is 0 Å². The monoisotopic (exact) mass is 245 g/mol. The molecule has 5 heteroatoms. The lowest BCUT2D eigenvalue weighted by atomic mass is 10.0. The van der Waals surface area contributed by atoms with Crippen molar-refractivity contribution in [1.29, 1.82) is 0 Å². The van der Waals surface area contributed by atoms with Gasteiger partial charge in [-0.2, -0.15) is 0 Å². The molecule has 1 N–H and O–H groups in total. The molecule has 1 amide bonds. The molecule has 0 bridgehead atoms. The Morgan fingerprint density at radius 2 is 1.88 bits per heavy atom. The van der Waals surface area contributed by atoms with Crippen LogP contribution >= 0.6 is 0 Å². The summed E-state index contributed by atoms with van der Waals surface area (Å²) in [7, 11) is -3.01. The SMILES string of the molecule is CC(CS(C)(=O)=O)NC(=O)C1CC2CC2C1. The first-order valence-electron chi connectivity index (χ1n) is 5.83. The van der Waals surface area contributed by atoms with Crippen molar-refractivity contribution in [1.82, 2.24) is 5.32 Å². The molecule has 0 aliphatic heterocycles. The first-order chi connectivity index (χ1) is 7.35. The minimum Gasteiger partial charge on any atom is -0.352 e. The third-order valence-electron chi connectivity index (χ3n) is 3.56. The van der Waals surface area contributed by atoms with E-state index >= 15 is 0 Å². The zero-order chi connectivity index (χ0) is 11.9. The average Bonchev–Trinajstić information content (AvgIpc) is 2.70. The standard InChI is InChI=1S/C11H19NO3S/c1-7(6-16(2,14)15)12-11(13)10-4-8-3-9(8)5-10/h7-10H,3-6H2,1-2H3,(H,12,13). The van der Waals surface area contributed by atoms with Crippen molar-refractivity contribution in [2.24, 2.45) is 17.8 Å². The summed E-state index contributed by atoms with van der Waals surface area (Å²) in [5, 5.41) is 2.80. The van der Waals surface area contributed by atoms with Crippen LogP contribution in [0, 0.1) is 17.8 Å². The van der Waals surface area contributed by atoms with Gasteiger partial charge in [0.25, 0.3) is 0 Å². The minimum atomic E-state index is -3.01. The predicted molar refractivity (Wildman–Crippen MR) is 61.6 cm³/mol. The maximum absolute atomic E-state index is 11.8. The van der Waals surface area contributed by atoms with Gasteiger partial charge in [-0.3, -0.25) is 4.79 Å². The first-order valence-corrected chi connectivity index (χ1v) is 7.89. The summed E-state index contributed by atoms with van der Waals surface area (Å²) in [4.78, 5) is 11.8. The molecule has 2 saturated carbocycles. The molecular weight excluding hydrogens is 226 g/mol. The Labute approximate surface area is 96.7 Å². The summed E-state index contributed by atoms with van der Waals surface area (Å²) >= 11 is 0. The number of hydrogen-bond acceptors (Lipinski definition) is 3. The van der Waals surface area contributed by atoms with Crippen molar-refractivity contribution in [3.8, 4) is 0 Å². The third kappa shape index (κ3) is 2.97. The Bertz CT molecular complexity index is 380. The van der Waals surface area contributed by atoms with Crippen LogP contribution in [0.4, 0.5) is 0 Å². The van der Waals surface area contributed by atoms with E-state index in [9.17, 15) is 13.2 Å². The number of amides is 1. The van der Waals surface area contributed by atoms with Crippen LogP contribution in [0.25, 0.3) is 0 Å². The molecule has 0 radical (unpaired) electrons. The minimum absolute atomic E-state index is 0.0261. The largest absolute Gasteiger partial charge is 0.352 e. The molecule has 0 heterocycles. The maximum Gasteiger partial charge on any atom is 0.223 e. The highest BCUT2D eigenvalue weighted by molar-refractivity contribution is 7.90. The van der Waals surface area contributed by atoms with Crippen molar-refractivity contribution >= 4 is 15.7 Å². The summed E-state index contributed by atoms with van der Waals surface area (Å²) in [5.41, 5.74) is 0. The van der Waals surface area contributed by atoms with Crippen LogP contribution in [0.5, 0.6) is 0 Å². The van der Waals surface area contributed by atoms with E-state index in [0.717, 1.165) is 24.7 Å². The fourth-order valence-electron chi connectivity index (χ4n) is 2.79. The van der Waals surface area contributed by atoms with Gasteiger partial charge in [-0.25, -0.2) is 8.42 Å². The average molecular weight is 245 g/mol. The Hall–Kier alpha value is -0.580. The van der Waals surface area contributed by atoms with Crippen LogP contribution in [-0.4, -0.2) is 32.4 Å². The summed E-state index contributed by atoms with van der Waals surface area (Å²) in [5.74, 6) is 1.76. The Balaban J connectivity index is 1.78. The number of nitrogens with one attached hydrogen (secondary N) is 1. The van der Waals surface area contributed by atoms with Crippen molar-refractivity contribution in [3.05, 3.63) is 0 Å². The smallest absolute Gasteiger partial charge is 0.223 e. The summed E-state index contributed by atoms with van der Waals surface area (Å²) in [6.07, 6.45) is 4.49. The van der Waals surface area contributed by atoms with Crippen molar-refractivity contribution < 1.29 is 13.2 Å². The van der Waals surface area contributed by atoms with E-state index in [2.05, 4.69) is 5.32 Å². The topological polar surface area (TPSA) is 63.2 Å². The van der Waals surface area contributed by atoms with Gasteiger partial charge < -0.3 is 5.32 Å². The molecule has 4 nitrogen and oxygen atoms in total. The second-order valence-corrected chi connectivity index (χ2v) is 7.61. The Kier molecular flexibility index (Phi) is 2.99. The number of rotatable bonds is 4. The van der Waals surface area contributed by atoms with Gasteiger partial charge in [0.1, 0.15) is 9.84 Å². The predicted octanol–water partition coefficient (Wildman–Crippen LogP) is 0.582. The van der Waals surface area contributed by atoms with Gasteiger partial charge in [0.15, 0.2) is 0 Å². The fourth-order valence-corrected chi connectivity index (χ4v) is 3.78. The second-order valence-electron chi connectivity index (χ2n) is 5.43. The van der Waals surface area contributed by atoms with E-state index in [1.54, 1.807) is 6.92 Å². The molecule has 16 heavy (non-hydrogen) atoms. The summed E-state index contributed by atoms with van der Waals surface area (Å²) < 4.78 is 22.1. The molecule has 2 aliphatic carbocycles. The van der Waals surface area contributed by atoms with Crippen LogP contribution in [-0.2, 0) is 14.6 Å². The van der Waals surface area contributed by atoms with Crippen LogP contribution in [0.3, 0.4) is 0 Å². The maximum atomic E-state index is 11.8. The van der Waals surface area contributed by atoms with Gasteiger partial charge in [0.2, 0.25) is 5.91 Å². The van der Waals surface area contributed by atoms with Gasteiger partial charge in [0, 0.05) is 18.2 Å². The molecule has 2 fully saturated rings. The zero-order valence-corrected chi connectivity index (χ0v) is 10.6. The second kappa shape index (κ2) is 4.02. The molecule has 92 valence electrons. The lowest BCUT2D eigenvalue weighted by Gasteiger charge is -2.17. The molecule has 0 aromatic carbocycles. The summed E-state index contributed by atoms with van der Waals surface area (Å²) in [6, 6.07) is -0.278. The lowest BCUT2D eigenvalue weighted by molar-refractivity contribution is -0.125. The lowest BCUT2D eigenvalue weighted by Crippen LogP contribution is -2.40. The van der Waals surface area contributed by atoms with Crippen LogP contribution < -0.4 is 5.32 Å². The van der Waals surface area contributed by atoms with Gasteiger partial charge in [0.05, 0.1) is 5.75 Å². The number of hydrogen-bond donors (Lipinski definition) is 1. The number of carbonyl (C=O) groups is 1. The van der Waals surface area contributed by atoms with Crippen LogP contribution in [0.1, 0.15) is 26.2 Å². The van der Waals surface area contributed by atoms with E-state index in [0.29, 0.717) is 0 Å². The molecule has 0 aromatic rings. The quantitative estimate of drug-likeness (QED) is 0.788. The molecule has 3 unspecified atom stereocenters. The highest BCUT2D eigenvalue weighted by Gasteiger charge is 2.48. The molecule has 2 rings (SSSR count). The van der Waals surface area contributed by atoms with E-state index in [4.69, 9.17) is 0 Å². The van der Waals surface area contributed by atoms with Crippen LogP contribution in [0.15, 0.2) is 0 Å². The first kappa shape index (κ1) is 11.9. The number of sulfone groups is 1. The zero-order valence-electron chi connectivity index (χ0n) is 9.77. The Morgan fingerprint density at radius 3 is 2.38 bits per heavy atom. The van der Waals surface area contributed by atoms with E-state index in [1.807, 2.05) is 0 Å². The molecular formula is C11H19NO3S. The summed E-state index contributed by atoms with van der Waals surface area (Å²) in [6.45, 7) is 1.74. The molecule has 0 saturated heterocycles. The van der Waals surface area contributed by atoms with Crippen molar-refractivity contribution in [3.63, 3.8) is 0 Å². The molecule has 0 spiro atoms. The van der Waals surface area contributed by atoms with Gasteiger partial charge in [-0.05, 0) is 38.0 Å². The van der Waals surface area contributed by atoms with Gasteiger partial charge in [-0.15, -0.1) is 0 Å². The fraction of sp³-hybridized carbons (Fsp3) is 0.909. The van der Waals surface area contributed by atoms with Crippen molar-refractivity contribution in [2.45, 2.75) is 32.2 Å². The molecule has 0 aromatic heterocycles. The van der Waals surface area contributed by atoms with Crippen molar-refractivity contribution in [2.75, 3.05) is 12.0 Å². The highest BCUT2D eigenvalue weighted by atomic mass is 32.2. The van der Waals surface area contributed by atoms with Gasteiger partial charge >= 0.3 is 0 Å². The number of fused-ring (bicyclic) bond motifs is 1. The normalized spacial score (nSPS) is 34.2. The number of carbonyl (C=O) groups excluding carboxylic acids is 1.